The smallest absolute Gasteiger partial charge is 0.177 e. The van der Waals surface area contributed by atoms with E-state index in [9.17, 15) is 0 Å². The van der Waals surface area contributed by atoms with E-state index in [1.807, 2.05) is 18.2 Å². The Morgan fingerprint density at radius 1 is 1.38 bits per heavy atom. The van der Waals surface area contributed by atoms with Crippen molar-refractivity contribution in [2.45, 2.75) is 13.3 Å². The summed E-state index contributed by atoms with van der Waals surface area (Å²) in [7, 11) is 0. The van der Waals surface area contributed by atoms with Gasteiger partial charge in [-0.15, -0.1) is 0 Å². The van der Waals surface area contributed by atoms with Crippen LogP contribution in [0, 0.1) is 11.3 Å². The van der Waals surface area contributed by atoms with Gasteiger partial charge in [0.1, 0.15) is 6.07 Å². The first kappa shape index (κ1) is 10.9. The molecule has 0 unspecified atom stereocenters. The summed E-state index contributed by atoms with van der Waals surface area (Å²) in [6, 6.07) is 10.2. The number of hydrogen-bond acceptors (Lipinski definition) is 2. The standard InChI is InChI=1S/C12H10BrN3/c1-2-9-3-5-10(6-4-9)16-8-11(13)12(7-14)15-16/h3-6,8H,2H2,1H3. The molecule has 1 aromatic heterocycles. The summed E-state index contributed by atoms with van der Waals surface area (Å²) in [5.74, 6) is 0. The van der Waals surface area contributed by atoms with Crippen LogP contribution in [0.1, 0.15) is 18.2 Å². The van der Waals surface area contributed by atoms with Gasteiger partial charge in [-0.25, -0.2) is 4.68 Å². The maximum Gasteiger partial charge on any atom is 0.177 e. The summed E-state index contributed by atoms with van der Waals surface area (Å²) in [4.78, 5) is 0. The minimum absolute atomic E-state index is 0.402. The lowest BCUT2D eigenvalue weighted by molar-refractivity contribution is 0.872. The van der Waals surface area contributed by atoms with E-state index in [4.69, 9.17) is 5.26 Å². The molecule has 2 aromatic rings. The number of rotatable bonds is 2. The molecule has 3 nitrogen and oxygen atoms in total. The first-order valence-electron chi connectivity index (χ1n) is 4.99. The Labute approximate surface area is 102 Å². The molecule has 0 aliphatic rings. The lowest BCUT2D eigenvalue weighted by Gasteiger charge is -2.01. The zero-order valence-electron chi connectivity index (χ0n) is 8.81. The Bertz CT molecular complexity index is 534. The molecule has 0 aliphatic carbocycles. The number of halogens is 1. The average molecular weight is 276 g/mol. The van der Waals surface area contributed by atoms with Gasteiger partial charge in [-0.05, 0) is 40.0 Å². The molecular formula is C12H10BrN3. The second-order valence-electron chi connectivity index (χ2n) is 3.40. The summed E-state index contributed by atoms with van der Waals surface area (Å²) >= 11 is 3.30. The minimum atomic E-state index is 0.402. The Kier molecular flexibility index (Phi) is 3.07. The van der Waals surface area contributed by atoms with Gasteiger partial charge in [0.15, 0.2) is 5.69 Å². The molecule has 1 heterocycles. The summed E-state index contributed by atoms with van der Waals surface area (Å²) < 4.78 is 2.41. The van der Waals surface area contributed by atoms with Gasteiger partial charge >= 0.3 is 0 Å². The van der Waals surface area contributed by atoms with Gasteiger partial charge in [0.25, 0.3) is 0 Å². The van der Waals surface area contributed by atoms with Crippen LogP contribution in [-0.4, -0.2) is 9.78 Å². The third-order valence-corrected chi connectivity index (χ3v) is 2.96. The van der Waals surface area contributed by atoms with Crippen LogP contribution in [0.15, 0.2) is 34.9 Å². The topological polar surface area (TPSA) is 41.6 Å². The molecule has 0 radical (unpaired) electrons. The van der Waals surface area contributed by atoms with Crippen molar-refractivity contribution in [3.63, 3.8) is 0 Å². The van der Waals surface area contributed by atoms with E-state index in [1.165, 1.54) is 5.56 Å². The number of aryl methyl sites for hydroxylation is 1. The molecule has 0 saturated carbocycles. The summed E-state index contributed by atoms with van der Waals surface area (Å²) in [5.41, 5.74) is 2.65. The summed E-state index contributed by atoms with van der Waals surface area (Å²) in [6.45, 7) is 2.12. The first-order chi connectivity index (χ1) is 7.74. The molecule has 80 valence electrons. The van der Waals surface area contributed by atoms with Crippen LogP contribution < -0.4 is 0 Å². The van der Waals surface area contributed by atoms with Crippen molar-refractivity contribution < 1.29 is 0 Å². The van der Waals surface area contributed by atoms with Gasteiger partial charge in [0.05, 0.1) is 10.2 Å². The molecule has 0 amide bonds. The number of nitrogens with zero attached hydrogens (tertiary/aromatic N) is 3. The maximum absolute atomic E-state index is 8.81. The molecule has 0 fully saturated rings. The number of hydrogen-bond donors (Lipinski definition) is 0. The molecule has 16 heavy (non-hydrogen) atoms. The fraction of sp³-hybridized carbons (Fsp3) is 0.167. The second kappa shape index (κ2) is 4.50. The molecule has 2 rings (SSSR count). The van der Waals surface area contributed by atoms with Crippen LogP contribution in [0.25, 0.3) is 5.69 Å². The second-order valence-corrected chi connectivity index (χ2v) is 4.26. The zero-order chi connectivity index (χ0) is 11.5. The Hall–Kier alpha value is -1.60. The quantitative estimate of drug-likeness (QED) is 0.845. The molecule has 1 aromatic carbocycles. The van der Waals surface area contributed by atoms with E-state index in [-0.39, 0.29) is 0 Å². The lowest BCUT2D eigenvalue weighted by Crippen LogP contribution is -1.95. The van der Waals surface area contributed by atoms with Crippen molar-refractivity contribution in [3.8, 4) is 11.8 Å². The average Bonchev–Trinajstić information content (AvgIpc) is 2.71. The van der Waals surface area contributed by atoms with Crippen LogP contribution in [-0.2, 0) is 6.42 Å². The van der Waals surface area contributed by atoms with E-state index in [1.54, 1.807) is 10.9 Å². The SMILES string of the molecule is CCc1ccc(-n2cc(Br)c(C#N)n2)cc1. The number of nitriles is 1. The van der Waals surface area contributed by atoms with Crippen molar-refractivity contribution in [2.24, 2.45) is 0 Å². The number of benzene rings is 1. The maximum atomic E-state index is 8.81. The monoisotopic (exact) mass is 275 g/mol. The van der Waals surface area contributed by atoms with Gasteiger partial charge in [0.2, 0.25) is 0 Å². The Morgan fingerprint density at radius 3 is 2.56 bits per heavy atom. The predicted octanol–water partition coefficient (Wildman–Crippen LogP) is 3.07. The zero-order valence-corrected chi connectivity index (χ0v) is 10.4. The highest BCUT2D eigenvalue weighted by molar-refractivity contribution is 9.10. The van der Waals surface area contributed by atoms with E-state index in [2.05, 4.69) is 40.1 Å². The minimum Gasteiger partial charge on any atom is -0.238 e. The van der Waals surface area contributed by atoms with Crippen LogP contribution in [0.5, 0.6) is 0 Å². The molecule has 0 spiro atoms. The largest absolute Gasteiger partial charge is 0.238 e. The van der Waals surface area contributed by atoms with Crippen molar-refractivity contribution in [2.75, 3.05) is 0 Å². The van der Waals surface area contributed by atoms with Crippen LogP contribution in [0.2, 0.25) is 0 Å². The van der Waals surface area contributed by atoms with Gasteiger partial charge in [-0.1, -0.05) is 19.1 Å². The van der Waals surface area contributed by atoms with Gasteiger partial charge < -0.3 is 0 Å². The molecule has 0 atom stereocenters. The van der Waals surface area contributed by atoms with Crippen LogP contribution in [0.3, 0.4) is 0 Å². The van der Waals surface area contributed by atoms with Crippen LogP contribution >= 0.6 is 15.9 Å². The first-order valence-corrected chi connectivity index (χ1v) is 5.78. The van der Waals surface area contributed by atoms with E-state index in [0.29, 0.717) is 5.69 Å². The predicted molar refractivity (Wildman–Crippen MR) is 65.4 cm³/mol. The van der Waals surface area contributed by atoms with E-state index >= 15 is 0 Å². The van der Waals surface area contributed by atoms with E-state index < -0.39 is 0 Å². The van der Waals surface area contributed by atoms with E-state index in [0.717, 1.165) is 16.6 Å². The van der Waals surface area contributed by atoms with Gasteiger partial charge in [-0.2, -0.15) is 10.4 Å². The lowest BCUT2D eigenvalue weighted by atomic mass is 10.1. The Morgan fingerprint density at radius 2 is 2.06 bits per heavy atom. The van der Waals surface area contributed by atoms with Crippen molar-refractivity contribution >= 4 is 15.9 Å². The number of aromatic nitrogens is 2. The van der Waals surface area contributed by atoms with Crippen LogP contribution in [0.4, 0.5) is 0 Å². The molecule has 0 bridgehead atoms. The van der Waals surface area contributed by atoms with Crippen molar-refractivity contribution in [3.05, 3.63) is 46.2 Å². The Balaban J connectivity index is 2.39. The summed E-state index contributed by atoms with van der Waals surface area (Å²) in [6.07, 6.45) is 2.81. The molecule has 4 heteroatoms. The fourth-order valence-electron chi connectivity index (χ4n) is 1.45. The molecular weight excluding hydrogens is 266 g/mol. The van der Waals surface area contributed by atoms with Crippen molar-refractivity contribution in [1.29, 1.82) is 5.26 Å². The van der Waals surface area contributed by atoms with Gasteiger partial charge in [-0.3, -0.25) is 0 Å². The summed E-state index contributed by atoms with van der Waals surface area (Å²) in [5, 5.41) is 13.0. The van der Waals surface area contributed by atoms with Gasteiger partial charge in [0, 0.05) is 6.20 Å². The molecule has 0 N–H and O–H groups in total. The highest BCUT2D eigenvalue weighted by Crippen LogP contribution is 2.17. The molecule has 0 saturated heterocycles. The third-order valence-electron chi connectivity index (χ3n) is 2.38. The molecule has 0 aliphatic heterocycles. The highest BCUT2D eigenvalue weighted by Gasteiger charge is 2.06. The fourth-order valence-corrected chi connectivity index (χ4v) is 1.81. The highest BCUT2D eigenvalue weighted by atomic mass is 79.9. The van der Waals surface area contributed by atoms with Crippen molar-refractivity contribution in [1.82, 2.24) is 9.78 Å². The third kappa shape index (κ3) is 2.00. The normalized spacial score (nSPS) is 10.1.